The molecule has 3 fully saturated rings. The number of allylic oxidation sites excluding steroid dienone is 2. The summed E-state index contributed by atoms with van der Waals surface area (Å²) < 4.78 is 4.54. The Morgan fingerprint density at radius 2 is 1.85 bits per heavy atom. The van der Waals surface area contributed by atoms with Crippen LogP contribution >= 0.6 is 23.5 Å². The number of rotatable bonds is 13. The van der Waals surface area contributed by atoms with Crippen LogP contribution < -0.4 is 5.32 Å². The summed E-state index contributed by atoms with van der Waals surface area (Å²) in [5.74, 6) is 2.26. The zero-order chi connectivity index (χ0) is 31.0. The Kier molecular flexibility index (Phi) is 22.6. The molecule has 1 aliphatic carbocycles. The fourth-order valence-electron chi connectivity index (χ4n) is 4.02. The van der Waals surface area contributed by atoms with E-state index in [1.807, 2.05) is 26.0 Å². The number of aliphatic imine (C=N–C) groups is 2. The molecule has 0 amide bonds. The number of aromatic nitrogens is 1. The lowest BCUT2D eigenvalue weighted by atomic mass is 9.77. The topological polar surface area (TPSA) is 96.2 Å². The maximum absolute atomic E-state index is 10.6. The molecule has 1 N–H and O–H groups in total. The first-order valence-corrected chi connectivity index (χ1v) is 15.8. The quantitative estimate of drug-likeness (QED) is 0.0628. The molecule has 0 spiro atoms. The zero-order valence-corrected chi connectivity index (χ0v) is 27.4. The van der Waals surface area contributed by atoms with Gasteiger partial charge in [0.25, 0.3) is 0 Å². The fourth-order valence-corrected chi connectivity index (χ4v) is 5.60. The van der Waals surface area contributed by atoms with E-state index in [0.717, 1.165) is 47.0 Å². The molecule has 8 nitrogen and oxygen atoms in total. The number of piperidine rings is 1. The molecule has 0 radical (unpaired) electrons. The summed E-state index contributed by atoms with van der Waals surface area (Å²) in [5.41, 5.74) is 3.92. The largest absolute Gasteiger partial charge is 0.385 e. The van der Waals surface area contributed by atoms with Crippen molar-refractivity contribution in [1.82, 2.24) is 9.88 Å². The number of carbonyl (C=O) groups is 2. The van der Waals surface area contributed by atoms with E-state index in [2.05, 4.69) is 70.3 Å². The molecule has 2 atom stereocenters. The third-order valence-corrected chi connectivity index (χ3v) is 8.20. The lowest BCUT2D eigenvalue weighted by Gasteiger charge is -2.52. The molecule has 3 heterocycles. The van der Waals surface area contributed by atoms with Crippen LogP contribution in [0, 0.1) is 0 Å². The molecule has 10 heteroatoms. The van der Waals surface area contributed by atoms with Crippen molar-refractivity contribution in [2.45, 2.75) is 71.9 Å². The summed E-state index contributed by atoms with van der Waals surface area (Å²) in [6, 6.07) is 5.28. The van der Waals surface area contributed by atoms with Gasteiger partial charge in [0.2, 0.25) is 0 Å². The van der Waals surface area contributed by atoms with Gasteiger partial charge < -0.3 is 14.8 Å². The van der Waals surface area contributed by atoms with Crippen LogP contribution in [-0.2, 0) is 9.53 Å². The number of nitrogens with zero attached hydrogens (tertiary/aromatic N) is 4. The number of methoxy groups -OCH3 is 1. The highest BCUT2D eigenvalue weighted by molar-refractivity contribution is 8.03. The molecule has 0 aromatic carbocycles. The Morgan fingerprint density at radius 1 is 1.20 bits per heavy atom. The van der Waals surface area contributed by atoms with Gasteiger partial charge in [-0.15, -0.1) is 23.5 Å². The van der Waals surface area contributed by atoms with Gasteiger partial charge in [0.15, 0.2) is 6.29 Å². The number of hydrogen-bond acceptors (Lipinski definition) is 10. The molecule has 1 aromatic rings. The number of aldehydes is 1. The number of unbranched alkanes of at least 4 members (excludes halogenated alkanes) is 1. The van der Waals surface area contributed by atoms with Crippen molar-refractivity contribution in [1.29, 1.82) is 0 Å². The standard InChI is InChI=1S/C16H20N4OS2.C11H19N.C3H8O.CH2O/c1-5-23-16(12(2)17-3)14(18-4)10-22-11-20-15-7-6-13(9-21)8-19-15;1-3-4-5-9-6-10-8-11(7-9)12(10)2;1-3-4-2;1-2/h6-10H,3-5,11H2,1-2H3,(H,19,20);5,10-11H,3-4,6-8H2,1-2H3;3H2,1-2H3;1H2/b14-10-,16-12-;;;/t;10-,11+;;. The third kappa shape index (κ3) is 14.8. The van der Waals surface area contributed by atoms with Gasteiger partial charge in [0.1, 0.15) is 12.6 Å². The van der Waals surface area contributed by atoms with E-state index in [1.165, 1.54) is 38.3 Å². The average molecular weight is 604 g/mol. The number of ether oxygens (including phenoxy) is 1. The second-order valence-electron chi connectivity index (χ2n) is 9.09. The molecule has 4 rings (SSSR count). The van der Waals surface area contributed by atoms with Crippen molar-refractivity contribution >= 4 is 55.9 Å². The summed E-state index contributed by atoms with van der Waals surface area (Å²) in [6.07, 6.45) is 11.5. The van der Waals surface area contributed by atoms with Gasteiger partial charge >= 0.3 is 0 Å². The molecule has 2 saturated heterocycles. The number of pyridine rings is 1. The highest BCUT2D eigenvalue weighted by atomic mass is 32.2. The summed E-state index contributed by atoms with van der Waals surface area (Å²) in [7, 11) is 3.95. The Bertz CT molecular complexity index is 980. The first-order chi connectivity index (χ1) is 19.9. The van der Waals surface area contributed by atoms with Crippen molar-refractivity contribution in [3.63, 3.8) is 0 Å². The van der Waals surface area contributed by atoms with Gasteiger partial charge in [-0.1, -0.05) is 31.9 Å². The molecule has 1 aromatic heterocycles. The van der Waals surface area contributed by atoms with Gasteiger partial charge in [0, 0.05) is 37.6 Å². The van der Waals surface area contributed by atoms with Crippen LogP contribution in [0.4, 0.5) is 5.82 Å². The number of anilines is 1. The third-order valence-electron chi connectivity index (χ3n) is 6.41. The van der Waals surface area contributed by atoms with Crippen molar-refractivity contribution in [2.24, 2.45) is 9.98 Å². The number of carbonyl (C=O) groups excluding carboxylic acids is 2. The number of nitrogens with one attached hydrogen (secondary N) is 1. The highest BCUT2D eigenvalue weighted by Crippen LogP contribution is 2.39. The molecule has 3 aliphatic rings. The van der Waals surface area contributed by atoms with Gasteiger partial charge in [0.05, 0.1) is 22.2 Å². The van der Waals surface area contributed by atoms with E-state index >= 15 is 0 Å². The molecular weight excluding hydrogens is 555 g/mol. The number of fused-ring (bicyclic) bond motifs is 2. The lowest BCUT2D eigenvalue weighted by Crippen LogP contribution is -2.56. The maximum atomic E-state index is 10.6. The maximum Gasteiger partial charge on any atom is 0.151 e. The minimum absolute atomic E-state index is 0.556. The first-order valence-electron chi connectivity index (χ1n) is 13.8. The minimum Gasteiger partial charge on any atom is -0.385 e. The molecule has 0 unspecified atom stereocenters. The summed E-state index contributed by atoms with van der Waals surface area (Å²) in [5, 5.41) is 5.10. The van der Waals surface area contributed by atoms with Gasteiger partial charge in [-0.25, -0.2) is 4.98 Å². The lowest BCUT2D eigenvalue weighted by molar-refractivity contribution is -0.0980. The predicted octanol–water partition coefficient (Wildman–Crippen LogP) is 7.27. The zero-order valence-electron chi connectivity index (χ0n) is 25.7. The average Bonchev–Trinajstić information content (AvgIpc) is 3.04. The normalized spacial score (nSPS) is 19.0. The highest BCUT2D eigenvalue weighted by Gasteiger charge is 2.40. The smallest absolute Gasteiger partial charge is 0.151 e. The van der Waals surface area contributed by atoms with Crippen LogP contribution in [0.5, 0.6) is 0 Å². The molecule has 2 bridgehead atoms. The van der Waals surface area contributed by atoms with Crippen molar-refractivity contribution in [2.75, 3.05) is 37.7 Å². The van der Waals surface area contributed by atoms with Crippen LogP contribution in [0.1, 0.15) is 70.2 Å². The van der Waals surface area contributed by atoms with E-state index in [9.17, 15) is 4.79 Å². The Hall–Kier alpha value is -2.53. The Balaban J connectivity index is 0.000000733. The minimum atomic E-state index is 0.556. The molecule has 41 heavy (non-hydrogen) atoms. The summed E-state index contributed by atoms with van der Waals surface area (Å²) in [4.78, 5) is 34.3. The molecule has 228 valence electrons. The van der Waals surface area contributed by atoms with Gasteiger partial charge in [-0.2, -0.15) is 0 Å². The van der Waals surface area contributed by atoms with Crippen LogP contribution in [0.3, 0.4) is 0 Å². The van der Waals surface area contributed by atoms with Gasteiger partial charge in [-0.05, 0) is 83.3 Å². The van der Waals surface area contributed by atoms with E-state index in [4.69, 9.17) is 4.79 Å². The van der Waals surface area contributed by atoms with Crippen LogP contribution in [0.15, 0.2) is 61.7 Å². The van der Waals surface area contributed by atoms with Crippen LogP contribution in [0.25, 0.3) is 0 Å². The van der Waals surface area contributed by atoms with Crippen molar-refractivity contribution < 1.29 is 14.3 Å². The molecule has 2 aliphatic heterocycles. The Labute approximate surface area is 256 Å². The number of hydrogen-bond donors (Lipinski definition) is 1. The fraction of sp³-hybridized carbons (Fsp3) is 0.516. The van der Waals surface area contributed by atoms with Gasteiger partial charge in [-0.3, -0.25) is 19.7 Å². The summed E-state index contributed by atoms with van der Waals surface area (Å²) in [6.45, 7) is 18.2. The van der Waals surface area contributed by atoms with E-state index in [-0.39, 0.29) is 0 Å². The monoisotopic (exact) mass is 603 g/mol. The molecule has 1 saturated carbocycles. The van der Waals surface area contributed by atoms with E-state index in [0.29, 0.717) is 17.3 Å². The van der Waals surface area contributed by atoms with Crippen LogP contribution in [0.2, 0.25) is 0 Å². The van der Waals surface area contributed by atoms with E-state index < -0.39 is 0 Å². The van der Waals surface area contributed by atoms with Crippen molar-refractivity contribution in [3.8, 4) is 0 Å². The molecular formula is C31H49N5O3S2. The second kappa shape index (κ2) is 24.1. The SMILES string of the molecule is C=NC(=C\SCNc1ccc(C=O)cn1)/C(SCC)=C(\C)N=C.C=O.CCCC=C1C[C@@H]2C[C@H](C1)N2C.CCOC. The van der Waals surface area contributed by atoms with Crippen molar-refractivity contribution in [3.05, 3.63) is 57.2 Å². The summed E-state index contributed by atoms with van der Waals surface area (Å²) >= 11 is 3.21. The van der Waals surface area contributed by atoms with E-state index in [1.54, 1.807) is 48.3 Å². The second-order valence-corrected chi connectivity index (χ2v) is 11.2. The predicted molar refractivity (Wildman–Crippen MR) is 181 cm³/mol. The van der Waals surface area contributed by atoms with Crippen LogP contribution in [-0.4, -0.2) is 80.9 Å². The Morgan fingerprint density at radius 3 is 2.29 bits per heavy atom. The first kappa shape index (κ1) is 38.5. The number of thioether (sulfide) groups is 2.